The number of aromatic nitrogens is 2. The van der Waals surface area contributed by atoms with Crippen LogP contribution in [0.4, 0.5) is 6.01 Å². The fraction of sp³-hybridized carbons (Fsp3) is 0.846. The maximum atomic E-state index is 5.73. The van der Waals surface area contributed by atoms with Crippen LogP contribution in [-0.2, 0) is 11.3 Å². The van der Waals surface area contributed by atoms with E-state index < -0.39 is 0 Å². The summed E-state index contributed by atoms with van der Waals surface area (Å²) in [5.41, 5.74) is 0. The average Bonchev–Trinajstić information content (AvgIpc) is 3.11. The molecular weight excluding hydrogens is 244 g/mol. The molecule has 1 aromatic heterocycles. The van der Waals surface area contributed by atoms with Gasteiger partial charge >= 0.3 is 6.01 Å². The van der Waals surface area contributed by atoms with Gasteiger partial charge in [-0.25, -0.2) is 0 Å². The normalized spacial score (nSPS) is 15.2. The minimum Gasteiger partial charge on any atom is -0.407 e. The van der Waals surface area contributed by atoms with E-state index in [-0.39, 0.29) is 0 Å². The lowest BCUT2D eigenvalue weighted by molar-refractivity contribution is 0.198. The highest BCUT2D eigenvalue weighted by atomic mass is 16.5. The molecule has 1 fully saturated rings. The minimum absolute atomic E-state index is 0.593. The van der Waals surface area contributed by atoms with Gasteiger partial charge in [0.25, 0.3) is 0 Å². The average molecular weight is 268 g/mol. The van der Waals surface area contributed by atoms with Crippen LogP contribution in [0.25, 0.3) is 0 Å². The van der Waals surface area contributed by atoms with Crippen molar-refractivity contribution in [2.45, 2.75) is 39.3 Å². The molecular formula is C13H24N4O2. The topological polar surface area (TPSA) is 63.4 Å². The van der Waals surface area contributed by atoms with Gasteiger partial charge < -0.3 is 19.4 Å². The second kappa shape index (κ2) is 6.86. The summed E-state index contributed by atoms with van der Waals surface area (Å²) in [6.07, 6.45) is 2.47. The van der Waals surface area contributed by atoms with Crippen molar-refractivity contribution in [3.05, 3.63) is 5.89 Å². The van der Waals surface area contributed by atoms with E-state index in [9.17, 15) is 0 Å². The Morgan fingerprint density at radius 1 is 1.42 bits per heavy atom. The number of nitrogens with one attached hydrogen (secondary N) is 1. The molecule has 0 bridgehead atoms. The third-order valence-electron chi connectivity index (χ3n) is 3.01. The molecule has 2 rings (SSSR count). The molecule has 1 aliphatic carbocycles. The van der Waals surface area contributed by atoms with Crippen LogP contribution in [0.5, 0.6) is 0 Å². The van der Waals surface area contributed by atoms with Gasteiger partial charge in [0.1, 0.15) is 0 Å². The highest BCUT2D eigenvalue weighted by Crippen LogP contribution is 2.31. The van der Waals surface area contributed by atoms with Crippen molar-refractivity contribution >= 4 is 6.01 Å². The van der Waals surface area contributed by atoms with E-state index in [1.165, 1.54) is 12.8 Å². The Bertz CT molecular complexity index is 376. The Balaban J connectivity index is 1.87. The van der Waals surface area contributed by atoms with Crippen molar-refractivity contribution in [3.8, 4) is 0 Å². The van der Waals surface area contributed by atoms with Gasteiger partial charge in [0, 0.05) is 26.2 Å². The number of hydrogen-bond donors (Lipinski definition) is 1. The highest BCUT2D eigenvalue weighted by Gasteiger charge is 2.32. The smallest absolute Gasteiger partial charge is 0.318 e. The van der Waals surface area contributed by atoms with Crippen LogP contribution in [0.15, 0.2) is 4.42 Å². The van der Waals surface area contributed by atoms with E-state index >= 15 is 0 Å². The van der Waals surface area contributed by atoms with Crippen LogP contribution in [0.3, 0.4) is 0 Å². The van der Waals surface area contributed by atoms with E-state index in [0.29, 0.717) is 37.0 Å². The van der Waals surface area contributed by atoms with E-state index in [4.69, 9.17) is 9.15 Å². The van der Waals surface area contributed by atoms with Crippen molar-refractivity contribution in [2.75, 3.05) is 31.7 Å². The van der Waals surface area contributed by atoms with Gasteiger partial charge in [-0.3, -0.25) is 0 Å². The summed E-state index contributed by atoms with van der Waals surface area (Å²) in [7, 11) is 1.69. The molecule has 6 heteroatoms. The van der Waals surface area contributed by atoms with Gasteiger partial charge in [-0.05, 0) is 18.8 Å². The molecule has 0 aliphatic heterocycles. The summed E-state index contributed by atoms with van der Waals surface area (Å²) >= 11 is 0. The molecule has 0 saturated heterocycles. The van der Waals surface area contributed by atoms with Gasteiger partial charge in [0.15, 0.2) is 0 Å². The SMILES string of the molecule is COCCNCc1nnc(N(CC(C)C)C2CC2)o1. The van der Waals surface area contributed by atoms with Crippen LogP contribution in [0, 0.1) is 5.92 Å². The number of hydrogen-bond acceptors (Lipinski definition) is 6. The Morgan fingerprint density at radius 2 is 2.21 bits per heavy atom. The van der Waals surface area contributed by atoms with E-state index in [1.54, 1.807) is 7.11 Å². The van der Waals surface area contributed by atoms with E-state index in [1.807, 2.05) is 0 Å². The number of nitrogens with zero attached hydrogens (tertiary/aromatic N) is 3. The lowest BCUT2D eigenvalue weighted by Gasteiger charge is -2.21. The maximum absolute atomic E-state index is 5.73. The monoisotopic (exact) mass is 268 g/mol. The molecule has 108 valence electrons. The van der Waals surface area contributed by atoms with Crippen molar-refractivity contribution in [1.29, 1.82) is 0 Å². The Morgan fingerprint density at radius 3 is 2.84 bits per heavy atom. The van der Waals surface area contributed by atoms with Gasteiger partial charge in [-0.15, -0.1) is 5.10 Å². The second-order valence-corrected chi connectivity index (χ2v) is 5.43. The quantitative estimate of drug-likeness (QED) is 0.684. The van der Waals surface area contributed by atoms with Crippen molar-refractivity contribution < 1.29 is 9.15 Å². The van der Waals surface area contributed by atoms with Gasteiger partial charge in [0.2, 0.25) is 5.89 Å². The van der Waals surface area contributed by atoms with Crippen LogP contribution in [-0.4, -0.2) is 43.0 Å². The van der Waals surface area contributed by atoms with Crippen LogP contribution >= 0.6 is 0 Å². The Kier molecular flexibility index (Phi) is 5.15. The molecule has 1 aromatic rings. The number of anilines is 1. The molecule has 6 nitrogen and oxygen atoms in total. The molecule has 1 heterocycles. The first kappa shape index (κ1) is 14.3. The zero-order chi connectivity index (χ0) is 13.7. The van der Waals surface area contributed by atoms with Gasteiger partial charge in [-0.1, -0.05) is 18.9 Å². The maximum Gasteiger partial charge on any atom is 0.318 e. The summed E-state index contributed by atoms with van der Waals surface area (Å²) in [5.74, 6) is 1.23. The summed E-state index contributed by atoms with van der Waals surface area (Å²) in [6, 6.07) is 1.26. The van der Waals surface area contributed by atoms with Crippen LogP contribution < -0.4 is 10.2 Å². The fourth-order valence-electron chi connectivity index (χ4n) is 1.96. The Hall–Kier alpha value is -1.14. The highest BCUT2D eigenvalue weighted by molar-refractivity contribution is 5.29. The molecule has 0 amide bonds. The molecule has 0 radical (unpaired) electrons. The van der Waals surface area contributed by atoms with E-state index in [2.05, 4.69) is 34.3 Å². The predicted octanol–water partition coefficient (Wildman–Crippen LogP) is 1.43. The van der Waals surface area contributed by atoms with Crippen molar-refractivity contribution in [1.82, 2.24) is 15.5 Å². The largest absolute Gasteiger partial charge is 0.407 e. The lowest BCUT2D eigenvalue weighted by atomic mass is 10.2. The fourth-order valence-corrected chi connectivity index (χ4v) is 1.96. The van der Waals surface area contributed by atoms with Crippen LogP contribution in [0.2, 0.25) is 0 Å². The molecule has 1 aliphatic rings. The first-order valence-electron chi connectivity index (χ1n) is 6.99. The molecule has 1 saturated carbocycles. The third kappa shape index (κ3) is 4.47. The Labute approximate surface area is 114 Å². The van der Waals surface area contributed by atoms with E-state index in [0.717, 1.165) is 13.1 Å². The summed E-state index contributed by atoms with van der Waals surface area (Å²) in [4.78, 5) is 2.25. The first-order chi connectivity index (χ1) is 9.20. The summed E-state index contributed by atoms with van der Waals surface area (Å²) < 4.78 is 10.7. The number of methoxy groups -OCH3 is 1. The van der Waals surface area contributed by atoms with Crippen molar-refractivity contribution in [3.63, 3.8) is 0 Å². The molecule has 1 N–H and O–H groups in total. The van der Waals surface area contributed by atoms with Crippen LogP contribution in [0.1, 0.15) is 32.6 Å². The first-order valence-corrected chi connectivity index (χ1v) is 6.99. The molecule has 0 atom stereocenters. The molecule has 0 spiro atoms. The standard InChI is InChI=1S/C13H24N4O2/c1-10(2)9-17(11-4-5-11)13-16-15-12(19-13)8-14-6-7-18-3/h10-11,14H,4-9H2,1-3H3. The second-order valence-electron chi connectivity index (χ2n) is 5.43. The van der Waals surface area contributed by atoms with Gasteiger partial charge in [-0.2, -0.15) is 0 Å². The van der Waals surface area contributed by atoms with Crippen molar-refractivity contribution in [2.24, 2.45) is 5.92 Å². The number of rotatable bonds is 9. The predicted molar refractivity (Wildman–Crippen MR) is 73.1 cm³/mol. The van der Waals surface area contributed by atoms with Gasteiger partial charge in [0.05, 0.1) is 13.2 Å². The summed E-state index contributed by atoms with van der Waals surface area (Å²) in [5, 5.41) is 11.5. The minimum atomic E-state index is 0.593. The molecule has 0 aromatic carbocycles. The lowest BCUT2D eigenvalue weighted by Crippen LogP contribution is -2.30. The summed E-state index contributed by atoms with van der Waals surface area (Å²) in [6.45, 7) is 7.45. The molecule has 19 heavy (non-hydrogen) atoms. The zero-order valence-electron chi connectivity index (χ0n) is 12.1. The zero-order valence-corrected chi connectivity index (χ0v) is 12.1. The molecule has 0 unspecified atom stereocenters. The third-order valence-corrected chi connectivity index (χ3v) is 3.01. The number of ether oxygens (including phenoxy) is 1.